The minimum atomic E-state index is -4.93. The second kappa shape index (κ2) is 6.60. The van der Waals surface area contributed by atoms with E-state index in [0.29, 0.717) is 9.26 Å². The van der Waals surface area contributed by atoms with Crippen LogP contribution in [0.2, 0.25) is 0 Å². The van der Waals surface area contributed by atoms with E-state index in [4.69, 9.17) is 11.6 Å². The lowest BCUT2D eigenvalue weighted by atomic mass is 10.2. The number of rotatable bonds is 4. The van der Waals surface area contributed by atoms with Gasteiger partial charge in [0.05, 0.1) is 12.5 Å². The van der Waals surface area contributed by atoms with Gasteiger partial charge in [-0.1, -0.05) is 0 Å². The van der Waals surface area contributed by atoms with E-state index < -0.39 is 23.8 Å². The molecule has 1 aromatic heterocycles. The highest BCUT2D eigenvalue weighted by Crippen LogP contribution is 2.29. The highest BCUT2D eigenvalue weighted by Gasteiger charge is 2.34. The zero-order chi connectivity index (χ0) is 14.6. The SMILES string of the molecule is CCOC(=O)c1nc(I)c(CCl)cc1OC(F)(F)F. The molecular weight excluding hydrogens is 401 g/mol. The number of carbonyl (C=O) groups is 1. The van der Waals surface area contributed by atoms with Crippen LogP contribution < -0.4 is 4.74 Å². The predicted molar refractivity (Wildman–Crippen MR) is 69.2 cm³/mol. The van der Waals surface area contributed by atoms with Gasteiger partial charge in [0, 0.05) is 5.56 Å². The summed E-state index contributed by atoms with van der Waals surface area (Å²) in [7, 11) is 0. The van der Waals surface area contributed by atoms with Gasteiger partial charge in [-0.05, 0) is 35.6 Å². The van der Waals surface area contributed by atoms with Crippen molar-refractivity contribution >= 4 is 40.2 Å². The Balaban J connectivity index is 3.26. The van der Waals surface area contributed by atoms with Crippen molar-refractivity contribution in [1.82, 2.24) is 4.98 Å². The van der Waals surface area contributed by atoms with Crippen molar-refractivity contribution in [2.24, 2.45) is 0 Å². The van der Waals surface area contributed by atoms with Crippen molar-refractivity contribution in [2.75, 3.05) is 6.61 Å². The molecule has 0 saturated carbocycles. The Hall–Kier alpha value is -0.770. The Morgan fingerprint density at radius 1 is 1.53 bits per heavy atom. The smallest absolute Gasteiger partial charge is 0.461 e. The topological polar surface area (TPSA) is 48.4 Å². The maximum atomic E-state index is 12.3. The number of hydrogen-bond acceptors (Lipinski definition) is 4. The van der Waals surface area contributed by atoms with Crippen LogP contribution in [0.15, 0.2) is 6.07 Å². The maximum Gasteiger partial charge on any atom is 0.573 e. The van der Waals surface area contributed by atoms with Gasteiger partial charge in [-0.3, -0.25) is 0 Å². The van der Waals surface area contributed by atoms with E-state index in [1.807, 2.05) is 0 Å². The van der Waals surface area contributed by atoms with Crippen LogP contribution in [0.5, 0.6) is 5.75 Å². The highest BCUT2D eigenvalue weighted by atomic mass is 127. The minimum Gasteiger partial charge on any atom is -0.461 e. The molecule has 0 aliphatic carbocycles. The van der Waals surface area contributed by atoms with E-state index in [0.717, 1.165) is 6.07 Å². The molecule has 0 aliphatic heterocycles. The van der Waals surface area contributed by atoms with E-state index in [2.05, 4.69) is 14.5 Å². The van der Waals surface area contributed by atoms with Gasteiger partial charge in [0.15, 0.2) is 11.4 Å². The van der Waals surface area contributed by atoms with Crippen LogP contribution >= 0.6 is 34.2 Å². The first-order chi connectivity index (χ1) is 8.78. The van der Waals surface area contributed by atoms with Crippen LogP contribution in [0.1, 0.15) is 23.0 Å². The summed E-state index contributed by atoms with van der Waals surface area (Å²) >= 11 is 7.33. The number of hydrogen-bond donors (Lipinski definition) is 0. The number of nitrogens with zero attached hydrogens (tertiary/aromatic N) is 1. The van der Waals surface area contributed by atoms with E-state index >= 15 is 0 Å². The van der Waals surface area contributed by atoms with Gasteiger partial charge in [0.1, 0.15) is 3.70 Å². The number of alkyl halides is 4. The molecule has 0 atom stereocenters. The van der Waals surface area contributed by atoms with Crippen molar-refractivity contribution in [1.29, 1.82) is 0 Å². The monoisotopic (exact) mass is 409 g/mol. The molecule has 0 spiro atoms. The largest absolute Gasteiger partial charge is 0.573 e. The summed E-state index contributed by atoms with van der Waals surface area (Å²) in [6.07, 6.45) is -4.93. The zero-order valence-electron chi connectivity index (χ0n) is 9.55. The molecular formula is C10H8ClF3INO3. The Kier molecular flexibility index (Phi) is 5.65. The van der Waals surface area contributed by atoms with Crippen molar-refractivity contribution < 1.29 is 27.4 Å². The summed E-state index contributed by atoms with van der Waals surface area (Å²) in [5, 5.41) is 0. The zero-order valence-corrected chi connectivity index (χ0v) is 12.5. The third-order valence-electron chi connectivity index (χ3n) is 1.85. The molecule has 19 heavy (non-hydrogen) atoms. The highest BCUT2D eigenvalue weighted by molar-refractivity contribution is 14.1. The molecule has 4 nitrogen and oxygen atoms in total. The predicted octanol–water partition coefficient (Wildman–Crippen LogP) is 3.50. The first-order valence-corrected chi connectivity index (χ1v) is 6.58. The summed E-state index contributed by atoms with van der Waals surface area (Å²) < 4.78 is 45.5. The van der Waals surface area contributed by atoms with Crippen LogP contribution in [-0.2, 0) is 10.6 Å². The van der Waals surface area contributed by atoms with E-state index in [1.54, 1.807) is 22.6 Å². The van der Waals surface area contributed by atoms with E-state index in [9.17, 15) is 18.0 Å². The van der Waals surface area contributed by atoms with Gasteiger partial charge in [-0.2, -0.15) is 0 Å². The van der Waals surface area contributed by atoms with Crippen molar-refractivity contribution in [2.45, 2.75) is 19.2 Å². The third kappa shape index (κ3) is 4.68. The van der Waals surface area contributed by atoms with Gasteiger partial charge in [0.25, 0.3) is 0 Å². The van der Waals surface area contributed by atoms with Crippen LogP contribution in [-0.4, -0.2) is 23.9 Å². The van der Waals surface area contributed by atoms with Gasteiger partial charge in [-0.25, -0.2) is 9.78 Å². The molecule has 0 fully saturated rings. The molecule has 0 amide bonds. The number of esters is 1. The lowest BCUT2D eigenvalue weighted by Gasteiger charge is -2.13. The van der Waals surface area contributed by atoms with Gasteiger partial charge in [-0.15, -0.1) is 24.8 Å². The molecule has 1 heterocycles. The summed E-state index contributed by atoms with van der Waals surface area (Å²) in [5.41, 5.74) is -0.202. The number of aromatic nitrogens is 1. The molecule has 9 heteroatoms. The Bertz CT molecular complexity index is 482. The fourth-order valence-corrected chi connectivity index (χ4v) is 2.17. The molecule has 0 N–H and O–H groups in total. The first-order valence-electron chi connectivity index (χ1n) is 4.96. The Labute approximate surface area is 125 Å². The summed E-state index contributed by atoms with van der Waals surface area (Å²) in [5.74, 6) is -1.76. The lowest BCUT2D eigenvalue weighted by molar-refractivity contribution is -0.274. The third-order valence-corrected chi connectivity index (χ3v) is 3.07. The number of halogens is 5. The second-order valence-corrected chi connectivity index (χ2v) is 4.48. The molecule has 0 radical (unpaired) electrons. The van der Waals surface area contributed by atoms with Crippen LogP contribution in [0, 0.1) is 3.70 Å². The fraction of sp³-hybridized carbons (Fsp3) is 0.400. The molecule has 0 saturated heterocycles. The van der Waals surface area contributed by atoms with Gasteiger partial charge < -0.3 is 9.47 Å². The van der Waals surface area contributed by atoms with E-state index in [-0.39, 0.29) is 12.5 Å². The lowest BCUT2D eigenvalue weighted by Crippen LogP contribution is -2.21. The Morgan fingerprint density at radius 2 is 2.16 bits per heavy atom. The molecule has 0 bridgehead atoms. The molecule has 0 aromatic carbocycles. The quantitative estimate of drug-likeness (QED) is 0.331. The van der Waals surface area contributed by atoms with Crippen LogP contribution in [0.25, 0.3) is 0 Å². The average Bonchev–Trinajstić information content (AvgIpc) is 2.29. The van der Waals surface area contributed by atoms with Crippen LogP contribution in [0.3, 0.4) is 0 Å². The average molecular weight is 410 g/mol. The second-order valence-electron chi connectivity index (χ2n) is 3.19. The van der Waals surface area contributed by atoms with Gasteiger partial charge >= 0.3 is 12.3 Å². The standard InChI is InChI=1S/C10H8ClF3INO3/c1-2-18-9(17)7-6(19-10(12,13)14)3-5(4-11)8(15)16-7/h3H,2,4H2,1H3. The first kappa shape index (κ1) is 16.3. The normalized spacial score (nSPS) is 11.3. The number of carbonyl (C=O) groups excluding carboxylic acids is 1. The Morgan fingerprint density at radius 3 is 2.63 bits per heavy atom. The molecule has 1 aromatic rings. The van der Waals surface area contributed by atoms with Crippen molar-refractivity contribution in [3.63, 3.8) is 0 Å². The minimum absolute atomic E-state index is 0.0137. The van der Waals surface area contributed by atoms with Crippen molar-refractivity contribution in [3.8, 4) is 5.75 Å². The van der Waals surface area contributed by atoms with Crippen LogP contribution in [0.4, 0.5) is 13.2 Å². The summed E-state index contributed by atoms with van der Waals surface area (Å²) in [6, 6.07) is 1.03. The van der Waals surface area contributed by atoms with Crippen molar-refractivity contribution in [3.05, 3.63) is 21.0 Å². The fourth-order valence-electron chi connectivity index (χ4n) is 1.15. The summed E-state index contributed by atoms with van der Waals surface area (Å²) in [4.78, 5) is 15.3. The molecule has 1 rings (SSSR count). The number of ether oxygens (including phenoxy) is 2. The molecule has 106 valence electrons. The van der Waals surface area contributed by atoms with Gasteiger partial charge in [0.2, 0.25) is 0 Å². The molecule has 0 aliphatic rings. The summed E-state index contributed by atoms with van der Waals surface area (Å²) in [6.45, 7) is 1.54. The molecule has 0 unspecified atom stereocenters. The maximum absolute atomic E-state index is 12.3. The number of pyridine rings is 1. The van der Waals surface area contributed by atoms with E-state index in [1.165, 1.54) is 6.92 Å².